The van der Waals surface area contributed by atoms with Gasteiger partial charge in [0, 0.05) is 36.6 Å². The maximum absolute atomic E-state index is 10.9. The van der Waals surface area contributed by atoms with Crippen molar-refractivity contribution in [1.82, 2.24) is 0 Å². The van der Waals surface area contributed by atoms with E-state index < -0.39 is 0 Å². The molecule has 0 heterocycles. The third-order valence-corrected chi connectivity index (χ3v) is 2.33. The Labute approximate surface area is 108 Å². The van der Waals surface area contributed by atoms with Crippen LogP contribution >= 0.6 is 0 Å². The maximum Gasteiger partial charge on any atom is 0.273 e. The number of hydrogen-bond acceptors (Lipinski definition) is 4. The van der Waals surface area contributed by atoms with Gasteiger partial charge in [0.1, 0.15) is 0 Å². The van der Waals surface area contributed by atoms with Crippen molar-refractivity contribution in [2.75, 3.05) is 23.7 Å². The first-order valence-electron chi connectivity index (χ1n) is 6.09. The van der Waals surface area contributed by atoms with Crippen molar-refractivity contribution in [3.8, 4) is 0 Å². The van der Waals surface area contributed by atoms with Gasteiger partial charge in [-0.3, -0.25) is 10.1 Å². The van der Waals surface area contributed by atoms with E-state index in [0.717, 1.165) is 24.5 Å². The molecule has 5 heteroatoms. The van der Waals surface area contributed by atoms with Gasteiger partial charge in [-0.25, -0.2) is 0 Å². The maximum atomic E-state index is 10.9. The summed E-state index contributed by atoms with van der Waals surface area (Å²) in [5.74, 6) is 0. The molecule has 0 aliphatic carbocycles. The van der Waals surface area contributed by atoms with Crippen molar-refractivity contribution >= 4 is 17.1 Å². The van der Waals surface area contributed by atoms with Crippen LogP contribution in [0.5, 0.6) is 0 Å². The topological polar surface area (TPSA) is 67.2 Å². The second kappa shape index (κ2) is 5.71. The van der Waals surface area contributed by atoms with E-state index >= 15 is 0 Å². The minimum Gasteiger partial charge on any atom is -0.385 e. The number of nitrogens with zero attached hydrogens (tertiary/aromatic N) is 1. The molecule has 0 saturated carbocycles. The van der Waals surface area contributed by atoms with Crippen LogP contribution in [0.1, 0.15) is 27.7 Å². The fraction of sp³-hybridized carbons (Fsp3) is 0.538. The predicted molar refractivity (Wildman–Crippen MR) is 75.2 cm³/mol. The summed E-state index contributed by atoms with van der Waals surface area (Å²) in [4.78, 5) is 10.5. The van der Waals surface area contributed by atoms with E-state index in [1.54, 1.807) is 12.1 Å². The first kappa shape index (κ1) is 14.3. The Balaban J connectivity index is 2.92. The average molecular weight is 251 g/mol. The first-order chi connectivity index (χ1) is 8.31. The van der Waals surface area contributed by atoms with E-state index in [1.165, 1.54) is 0 Å². The van der Waals surface area contributed by atoms with Gasteiger partial charge >= 0.3 is 0 Å². The zero-order valence-corrected chi connectivity index (χ0v) is 11.4. The fourth-order valence-corrected chi connectivity index (χ4v) is 1.49. The minimum atomic E-state index is -0.372. The molecule has 18 heavy (non-hydrogen) atoms. The number of nitro benzene ring substituents is 1. The fourth-order valence-electron chi connectivity index (χ4n) is 1.49. The number of anilines is 2. The number of nitro groups is 1. The SMILES string of the molecule is CCNc1cc(NCC(C)(C)C)cc([N+](=O)[O-])c1. The molecular formula is C13H21N3O2. The normalized spacial score (nSPS) is 11.1. The number of non-ortho nitro benzene ring substituents is 1. The lowest BCUT2D eigenvalue weighted by molar-refractivity contribution is -0.384. The van der Waals surface area contributed by atoms with Gasteiger partial charge in [0.05, 0.1) is 4.92 Å². The van der Waals surface area contributed by atoms with Crippen LogP contribution in [0.4, 0.5) is 17.1 Å². The Bertz CT molecular complexity index is 425. The third-order valence-electron chi connectivity index (χ3n) is 2.33. The van der Waals surface area contributed by atoms with Gasteiger partial charge in [-0.15, -0.1) is 0 Å². The average Bonchev–Trinajstić information content (AvgIpc) is 2.25. The smallest absolute Gasteiger partial charge is 0.273 e. The molecule has 0 amide bonds. The summed E-state index contributed by atoms with van der Waals surface area (Å²) in [7, 11) is 0. The summed E-state index contributed by atoms with van der Waals surface area (Å²) in [6, 6.07) is 5.00. The molecule has 1 aromatic carbocycles. The Hall–Kier alpha value is -1.78. The highest BCUT2D eigenvalue weighted by atomic mass is 16.6. The molecule has 0 radical (unpaired) electrons. The highest BCUT2D eigenvalue weighted by Crippen LogP contribution is 2.25. The Morgan fingerprint density at radius 1 is 1.17 bits per heavy atom. The molecule has 1 aromatic rings. The quantitative estimate of drug-likeness (QED) is 0.621. The van der Waals surface area contributed by atoms with Crippen LogP contribution in [-0.4, -0.2) is 18.0 Å². The van der Waals surface area contributed by atoms with E-state index in [-0.39, 0.29) is 16.0 Å². The first-order valence-corrected chi connectivity index (χ1v) is 6.09. The van der Waals surface area contributed by atoms with Crippen molar-refractivity contribution in [3.63, 3.8) is 0 Å². The van der Waals surface area contributed by atoms with Gasteiger partial charge in [0.25, 0.3) is 5.69 Å². The minimum absolute atomic E-state index is 0.102. The van der Waals surface area contributed by atoms with Crippen LogP contribution in [0.3, 0.4) is 0 Å². The molecule has 0 saturated heterocycles. The van der Waals surface area contributed by atoms with Crippen LogP contribution in [0, 0.1) is 15.5 Å². The highest BCUT2D eigenvalue weighted by molar-refractivity contribution is 5.63. The lowest BCUT2D eigenvalue weighted by Gasteiger charge is -2.20. The second-order valence-electron chi connectivity index (χ2n) is 5.47. The van der Waals surface area contributed by atoms with Crippen molar-refractivity contribution in [3.05, 3.63) is 28.3 Å². The van der Waals surface area contributed by atoms with Crippen molar-refractivity contribution < 1.29 is 4.92 Å². The summed E-state index contributed by atoms with van der Waals surface area (Å²) >= 11 is 0. The molecule has 0 bridgehead atoms. The molecule has 1 rings (SSSR count). The largest absolute Gasteiger partial charge is 0.385 e. The van der Waals surface area contributed by atoms with Gasteiger partial charge in [0.15, 0.2) is 0 Å². The summed E-state index contributed by atoms with van der Waals surface area (Å²) in [5, 5.41) is 17.2. The van der Waals surface area contributed by atoms with Crippen LogP contribution < -0.4 is 10.6 Å². The zero-order valence-electron chi connectivity index (χ0n) is 11.4. The molecule has 2 N–H and O–H groups in total. The van der Waals surface area contributed by atoms with Crippen molar-refractivity contribution in [2.24, 2.45) is 5.41 Å². The van der Waals surface area contributed by atoms with Crippen molar-refractivity contribution in [1.29, 1.82) is 0 Å². The summed E-state index contributed by atoms with van der Waals surface area (Å²) < 4.78 is 0. The number of nitrogens with one attached hydrogen (secondary N) is 2. The van der Waals surface area contributed by atoms with Crippen LogP contribution in [0.15, 0.2) is 18.2 Å². The molecular weight excluding hydrogens is 230 g/mol. The van der Waals surface area contributed by atoms with Gasteiger partial charge in [-0.1, -0.05) is 20.8 Å². The van der Waals surface area contributed by atoms with E-state index in [1.807, 2.05) is 13.0 Å². The monoisotopic (exact) mass is 251 g/mol. The Morgan fingerprint density at radius 3 is 2.17 bits per heavy atom. The second-order valence-corrected chi connectivity index (χ2v) is 5.47. The van der Waals surface area contributed by atoms with Crippen LogP contribution in [0.2, 0.25) is 0 Å². The lowest BCUT2D eigenvalue weighted by atomic mass is 9.97. The Kier molecular flexibility index (Phi) is 4.53. The summed E-state index contributed by atoms with van der Waals surface area (Å²) in [6.45, 7) is 9.80. The van der Waals surface area contributed by atoms with E-state index in [2.05, 4.69) is 31.4 Å². The molecule has 0 aliphatic heterocycles. The van der Waals surface area contributed by atoms with Gasteiger partial charge in [-0.05, 0) is 18.4 Å². The van der Waals surface area contributed by atoms with E-state index in [9.17, 15) is 10.1 Å². The van der Waals surface area contributed by atoms with Crippen molar-refractivity contribution in [2.45, 2.75) is 27.7 Å². The van der Waals surface area contributed by atoms with Gasteiger partial charge in [-0.2, -0.15) is 0 Å². The van der Waals surface area contributed by atoms with E-state index in [4.69, 9.17) is 0 Å². The molecule has 5 nitrogen and oxygen atoms in total. The molecule has 0 aliphatic rings. The van der Waals surface area contributed by atoms with Crippen LogP contribution in [-0.2, 0) is 0 Å². The molecule has 0 fully saturated rings. The predicted octanol–water partition coefficient (Wildman–Crippen LogP) is 3.48. The number of rotatable bonds is 5. The Morgan fingerprint density at radius 2 is 1.72 bits per heavy atom. The summed E-state index contributed by atoms with van der Waals surface area (Å²) in [6.07, 6.45) is 0. The molecule has 0 unspecified atom stereocenters. The zero-order chi connectivity index (χ0) is 13.8. The molecule has 0 aromatic heterocycles. The highest BCUT2D eigenvalue weighted by Gasteiger charge is 2.13. The van der Waals surface area contributed by atoms with Gasteiger partial charge < -0.3 is 10.6 Å². The standard InChI is InChI=1S/C13H21N3O2/c1-5-14-10-6-11(15-9-13(2,3)4)8-12(7-10)16(17)18/h6-8,14-15H,5,9H2,1-4H3. The van der Waals surface area contributed by atoms with Gasteiger partial charge in [0.2, 0.25) is 0 Å². The summed E-state index contributed by atoms with van der Waals surface area (Å²) in [5.41, 5.74) is 1.77. The lowest BCUT2D eigenvalue weighted by Crippen LogP contribution is -2.19. The number of hydrogen-bond donors (Lipinski definition) is 2. The number of benzene rings is 1. The van der Waals surface area contributed by atoms with Crippen LogP contribution in [0.25, 0.3) is 0 Å². The third kappa shape index (κ3) is 4.61. The molecule has 0 atom stereocenters. The van der Waals surface area contributed by atoms with E-state index in [0.29, 0.717) is 0 Å². The molecule has 0 spiro atoms. The molecule has 100 valence electrons.